The molecule has 0 aliphatic rings. The molecule has 0 unspecified atom stereocenters. The number of fused-ring (bicyclic) bond motifs is 1. The van der Waals surface area contributed by atoms with E-state index in [-0.39, 0.29) is 5.54 Å². The normalized spacial score (nSPS) is 12.2. The van der Waals surface area contributed by atoms with Crippen LogP contribution in [-0.2, 0) is 5.54 Å². The summed E-state index contributed by atoms with van der Waals surface area (Å²) in [5.41, 5.74) is 8.12. The van der Waals surface area contributed by atoms with Crippen molar-refractivity contribution in [2.75, 3.05) is 5.73 Å². The van der Waals surface area contributed by atoms with E-state index < -0.39 is 0 Å². The van der Waals surface area contributed by atoms with Crippen LogP contribution in [0, 0.1) is 0 Å². The fourth-order valence-corrected chi connectivity index (χ4v) is 2.96. The molecule has 0 amide bonds. The van der Waals surface area contributed by atoms with Crippen LogP contribution >= 0.6 is 11.6 Å². The maximum Gasteiger partial charge on any atom is 0.201 e. The predicted molar refractivity (Wildman–Crippen MR) is 78.0 cm³/mol. The average molecular weight is 266 g/mol. The molecule has 0 aliphatic carbocycles. The Hall–Kier alpha value is -1.22. The third-order valence-corrected chi connectivity index (χ3v) is 4.33. The Balaban J connectivity index is 2.73. The van der Waals surface area contributed by atoms with Crippen molar-refractivity contribution in [2.24, 2.45) is 0 Å². The molecule has 0 radical (unpaired) electrons. The van der Waals surface area contributed by atoms with E-state index in [0.717, 1.165) is 30.3 Å². The van der Waals surface area contributed by atoms with Gasteiger partial charge in [-0.2, -0.15) is 0 Å². The highest BCUT2D eigenvalue weighted by Crippen LogP contribution is 2.35. The van der Waals surface area contributed by atoms with E-state index >= 15 is 0 Å². The van der Waals surface area contributed by atoms with Crippen LogP contribution in [0.2, 0.25) is 5.02 Å². The molecule has 0 saturated carbocycles. The summed E-state index contributed by atoms with van der Waals surface area (Å²) >= 11 is 6.01. The Bertz CT molecular complexity index is 547. The summed E-state index contributed by atoms with van der Waals surface area (Å²) < 4.78 is 2.18. The Kier molecular flexibility index (Phi) is 3.53. The van der Waals surface area contributed by atoms with E-state index in [1.165, 1.54) is 0 Å². The Morgan fingerprint density at radius 2 is 1.83 bits per heavy atom. The molecule has 0 spiro atoms. The van der Waals surface area contributed by atoms with Gasteiger partial charge < -0.3 is 10.3 Å². The van der Waals surface area contributed by atoms with Crippen molar-refractivity contribution in [3.8, 4) is 0 Å². The fourth-order valence-electron chi connectivity index (χ4n) is 2.79. The first-order valence-electron chi connectivity index (χ1n) is 6.52. The number of hydrogen-bond acceptors (Lipinski definition) is 2. The highest BCUT2D eigenvalue weighted by molar-refractivity contribution is 6.31. The number of nitrogens with zero attached hydrogens (tertiary/aromatic N) is 2. The number of halogens is 1. The SMILES string of the molecule is CCC(CC)(CC)n1c(N)nc2cc(Cl)ccc21. The van der Waals surface area contributed by atoms with Gasteiger partial charge in [0.05, 0.1) is 11.0 Å². The summed E-state index contributed by atoms with van der Waals surface area (Å²) in [5, 5.41) is 0.697. The molecule has 2 rings (SSSR count). The molecule has 2 aromatic rings. The Labute approximate surface area is 113 Å². The number of imidazole rings is 1. The molecule has 4 heteroatoms. The second-order valence-electron chi connectivity index (χ2n) is 4.72. The zero-order valence-electron chi connectivity index (χ0n) is 11.2. The summed E-state index contributed by atoms with van der Waals surface area (Å²) in [6.07, 6.45) is 3.12. The van der Waals surface area contributed by atoms with Crippen molar-refractivity contribution in [1.29, 1.82) is 0 Å². The summed E-state index contributed by atoms with van der Waals surface area (Å²) in [6, 6.07) is 5.78. The zero-order chi connectivity index (χ0) is 13.3. The minimum atomic E-state index is 0.0483. The van der Waals surface area contributed by atoms with E-state index in [9.17, 15) is 0 Å². The molecule has 98 valence electrons. The van der Waals surface area contributed by atoms with Gasteiger partial charge in [-0.1, -0.05) is 32.4 Å². The number of benzene rings is 1. The number of rotatable bonds is 4. The lowest BCUT2D eigenvalue weighted by atomic mass is 9.89. The Morgan fingerprint density at radius 3 is 2.39 bits per heavy atom. The van der Waals surface area contributed by atoms with Crippen LogP contribution in [0.25, 0.3) is 11.0 Å². The molecule has 1 heterocycles. The zero-order valence-corrected chi connectivity index (χ0v) is 12.0. The van der Waals surface area contributed by atoms with E-state index in [4.69, 9.17) is 17.3 Å². The van der Waals surface area contributed by atoms with Crippen molar-refractivity contribution in [3.63, 3.8) is 0 Å². The predicted octanol–water partition coefficient (Wildman–Crippen LogP) is 4.20. The summed E-state index contributed by atoms with van der Waals surface area (Å²) in [4.78, 5) is 4.44. The lowest BCUT2D eigenvalue weighted by Crippen LogP contribution is -2.32. The fraction of sp³-hybridized carbons (Fsp3) is 0.500. The largest absolute Gasteiger partial charge is 0.369 e. The number of aromatic nitrogens is 2. The average Bonchev–Trinajstić information content (AvgIpc) is 2.69. The molecule has 3 nitrogen and oxygen atoms in total. The summed E-state index contributed by atoms with van der Waals surface area (Å²) in [7, 11) is 0. The van der Waals surface area contributed by atoms with Crippen LogP contribution in [0.15, 0.2) is 18.2 Å². The van der Waals surface area contributed by atoms with Crippen molar-refractivity contribution in [1.82, 2.24) is 9.55 Å². The number of nitrogen functional groups attached to an aromatic ring is 1. The lowest BCUT2D eigenvalue weighted by Gasteiger charge is -2.33. The monoisotopic (exact) mass is 265 g/mol. The maximum absolute atomic E-state index is 6.12. The molecule has 0 aliphatic heterocycles. The number of hydrogen-bond donors (Lipinski definition) is 1. The van der Waals surface area contributed by atoms with Crippen LogP contribution in [0.1, 0.15) is 40.0 Å². The van der Waals surface area contributed by atoms with Crippen molar-refractivity contribution in [2.45, 2.75) is 45.6 Å². The number of anilines is 1. The van der Waals surface area contributed by atoms with Crippen LogP contribution in [0.4, 0.5) is 5.95 Å². The molecular formula is C14H20ClN3. The first-order chi connectivity index (χ1) is 8.57. The van der Waals surface area contributed by atoms with Gasteiger partial charge in [-0.15, -0.1) is 0 Å². The molecule has 1 aromatic heterocycles. The molecule has 1 aromatic carbocycles. The second-order valence-corrected chi connectivity index (χ2v) is 5.16. The number of nitrogens with two attached hydrogens (primary N) is 1. The topological polar surface area (TPSA) is 43.8 Å². The molecule has 0 fully saturated rings. The van der Waals surface area contributed by atoms with E-state index in [2.05, 4.69) is 30.3 Å². The minimum absolute atomic E-state index is 0.0483. The smallest absolute Gasteiger partial charge is 0.201 e. The molecular weight excluding hydrogens is 246 g/mol. The third kappa shape index (κ3) is 1.87. The van der Waals surface area contributed by atoms with E-state index in [1.54, 1.807) is 0 Å². The van der Waals surface area contributed by atoms with Gasteiger partial charge in [-0.3, -0.25) is 0 Å². The van der Waals surface area contributed by atoms with Crippen LogP contribution in [0.3, 0.4) is 0 Å². The molecule has 0 atom stereocenters. The van der Waals surface area contributed by atoms with Gasteiger partial charge in [0.25, 0.3) is 0 Å². The van der Waals surface area contributed by atoms with Gasteiger partial charge >= 0.3 is 0 Å². The molecule has 18 heavy (non-hydrogen) atoms. The van der Waals surface area contributed by atoms with Crippen molar-refractivity contribution >= 4 is 28.6 Å². The highest BCUT2D eigenvalue weighted by Gasteiger charge is 2.29. The van der Waals surface area contributed by atoms with E-state index in [1.807, 2.05) is 18.2 Å². The van der Waals surface area contributed by atoms with Gasteiger partial charge in [0.1, 0.15) is 0 Å². The van der Waals surface area contributed by atoms with Crippen molar-refractivity contribution < 1.29 is 0 Å². The van der Waals surface area contributed by atoms with Gasteiger partial charge in [-0.25, -0.2) is 4.98 Å². The lowest BCUT2D eigenvalue weighted by molar-refractivity contribution is 0.262. The van der Waals surface area contributed by atoms with Crippen LogP contribution in [-0.4, -0.2) is 9.55 Å². The van der Waals surface area contributed by atoms with Gasteiger partial charge in [0.2, 0.25) is 5.95 Å². The van der Waals surface area contributed by atoms with Crippen LogP contribution < -0.4 is 5.73 Å². The first kappa shape index (κ1) is 13.2. The Morgan fingerprint density at radius 1 is 1.22 bits per heavy atom. The summed E-state index contributed by atoms with van der Waals surface area (Å²) in [6.45, 7) is 6.61. The van der Waals surface area contributed by atoms with Crippen LogP contribution in [0.5, 0.6) is 0 Å². The van der Waals surface area contributed by atoms with Gasteiger partial charge in [0.15, 0.2) is 0 Å². The minimum Gasteiger partial charge on any atom is -0.369 e. The third-order valence-electron chi connectivity index (χ3n) is 4.09. The molecule has 0 saturated heterocycles. The standard InChI is InChI=1S/C14H20ClN3/c1-4-14(5-2,6-3)18-12-8-7-10(15)9-11(12)17-13(18)16/h7-9H,4-6H2,1-3H3,(H2,16,17). The summed E-state index contributed by atoms with van der Waals surface area (Å²) in [5.74, 6) is 0.581. The van der Waals surface area contributed by atoms with E-state index in [0.29, 0.717) is 11.0 Å². The van der Waals surface area contributed by atoms with Gasteiger partial charge in [0, 0.05) is 10.6 Å². The molecule has 2 N–H and O–H groups in total. The van der Waals surface area contributed by atoms with Crippen molar-refractivity contribution in [3.05, 3.63) is 23.2 Å². The first-order valence-corrected chi connectivity index (χ1v) is 6.89. The highest BCUT2D eigenvalue weighted by atomic mass is 35.5. The van der Waals surface area contributed by atoms with Gasteiger partial charge in [-0.05, 0) is 37.5 Å². The quantitative estimate of drug-likeness (QED) is 0.900. The second kappa shape index (κ2) is 4.81. The molecule has 0 bridgehead atoms. The maximum atomic E-state index is 6.12.